The molecule has 22 heavy (non-hydrogen) atoms. The maximum atomic E-state index is 12.2. The number of furan rings is 1. The lowest BCUT2D eigenvalue weighted by molar-refractivity contribution is -0.120. The molecule has 1 aromatic carbocycles. The monoisotopic (exact) mass is 357 g/mol. The van der Waals surface area contributed by atoms with Crippen molar-refractivity contribution in [1.82, 2.24) is 5.32 Å². The van der Waals surface area contributed by atoms with E-state index < -0.39 is 0 Å². The highest BCUT2D eigenvalue weighted by atomic mass is 35.5. The Bertz CT molecular complexity index is 631. The highest BCUT2D eigenvalue weighted by Crippen LogP contribution is 2.26. The lowest BCUT2D eigenvalue weighted by atomic mass is 10.1. The number of nitrogens with one attached hydrogen (secondary N) is 1. The quantitative estimate of drug-likeness (QED) is 0.783. The number of amides is 1. The third-order valence-corrected chi connectivity index (χ3v) is 4.94. The number of hydrogen-bond donors (Lipinski definition) is 1. The van der Waals surface area contributed by atoms with E-state index in [1.54, 1.807) is 18.4 Å². The number of carbonyl (C=O) groups is 1. The van der Waals surface area contributed by atoms with Crippen molar-refractivity contribution in [2.75, 3.05) is 0 Å². The molecule has 0 radical (unpaired) electrons. The van der Waals surface area contributed by atoms with Crippen LogP contribution in [0.5, 0.6) is 0 Å². The van der Waals surface area contributed by atoms with Crippen LogP contribution < -0.4 is 5.32 Å². The van der Waals surface area contributed by atoms with Crippen LogP contribution in [0.1, 0.15) is 31.2 Å². The SMILES string of the molecule is CC(SCc1ccco1)C(=O)NC(C)c1ccc(Cl)cc1Cl. The highest BCUT2D eigenvalue weighted by Gasteiger charge is 2.18. The molecule has 0 spiro atoms. The predicted molar refractivity (Wildman–Crippen MR) is 92.5 cm³/mol. The Hall–Kier alpha value is -1.10. The molecule has 0 aliphatic rings. The van der Waals surface area contributed by atoms with E-state index >= 15 is 0 Å². The van der Waals surface area contributed by atoms with E-state index in [4.69, 9.17) is 27.6 Å². The summed E-state index contributed by atoms with van der Waals surface area (Å²) in [6.07, 6.45) is 1.63. The first-order valence-corrected chi connectivity index (χ1v) is 8.67. The number of carbonyl (C=O) groups excluding carboxylic acids is 1. The summed E-state index contributed by atoms with van der Waals surface area (Å²) < 4.78 is 5.26. The topological polar surface area (TPSA) is 42.2 Å². The first kappa shape index (κ1) is 17.3. The van der Waals surface area contributed by atoms with Crippen LogP contribution in [0, 0.1) is 0 Å². The van der Waals surface area contributed by atoms with Gasteiger partial charge in [-0.25, -0.2) is 0 Å². The summed E-state index contributed by atoms with van der Waals surface area (Å²) in [6, 6.07) is 8.83. The van der Waals surface area contributed by atoms with Crippen molar-refractivity contribution in [3.8, 4) is 0 Å². The van der Waals surface area contributed by atoms with E-state index in [1.807, 2.05) is 32.0 Å². The number of rotatable bonds is 6. The van der Waals surface area contributed by atoms with Crippen molar-refractivity contribution in [2.24, 2.45) is 0 Å². The summed E-state index contributed by atoms with van der Waals surface area (Å²) in [4.78, 5) is 12.2. The molecule has 118 valence electrons. The Kier molecular flexibility index (Phi) is 6.24. The van der Waals surface area contributed by atoms with Crippen LogP contribution in [0.25, 0.3) is 0 Å². The Morgan fingerprint density at radius 1 is 1.32 bits per heavy atom. The fourth-order valence-electron chi connectivity index (χ4n) is 1.94. The van der Waals surface area contributed by atoms with Gasteiger partial charge in [0.05, 0.1) is 23.3 Å². The van der Waals surface area contributed by atoms with Gasteiger partial charge in [0.1, 0.15) is 5.76 Å². The van der Waals surface area contributed by atoms with Crippen molar-refractivity contribution in [3.05, 3.63) is 58.0 Å². The molecule has 2 unspecified atom stereocenters. The van der Waals surface area contributed by atoms with Crippen LogP contribution in [-0.4, -0.2) is 11.2 Å². The lowest BCUT2D eigenvalue weighted by Gasteiger charge is -2.18. The molecule has 0 fully saturated rings. The third kappa shape index (κ3) is 4.70. The van der Waals surface area contributed by atoms with E-state index in [-0.39, 0.29) is 17.2 Å². The van der Waals surface area contributed by atoms with Crippen molar-refractivity contribution >= 4 is 40.9 Å². The summed E-state index contributed by atoms with van der Waals surface area (Å²) in [5.74, 6) is 1.49. The molecule has 6 heteroatoms. The van der Waals surface area contributed by atoms with Gasteiger partial charge in [-0.15, -0.1) is 11.8 Å². The highest BCUT2D eigenvalue weighted by molar-refractivity contribution is 7.99. The van der Waals surface area contributed by atoms with Gasteiger partial charge < -0.3 is 9.73 Å². The molecule has 2 aromatic rings. The molecule has 2 atom stereocenters. The zero-order valence-electron chi connectivity index (χ0n) is 12.3. The van der Waals surface area contributed by atoms with Gasteiger partial charge >= 0.3 is 0 Å². The van der Waals surface area contributed by atoms with E-state index in [9.17, 15) is 4.79 Å². The summed E-state index contributed by atoms with van der Waals surface area (Å²) in [5.41, 5.74) is 0.850. The molecular formula is C16H17Cl2NO2S. The summed E-state index contributed by atoms with van der Waals surface area (Å²) in [7, 11) is 0. The third-order valence-electron chi connectivity index (χ3n) is 3.21. The molecule has 3 nitrogen and oxygen atoms in total. The Labute approximate surface area is 144 Å². The van der Waals surface area contributed by atoms with Crippen LogP contribution >= 0.6 is 35.0 Å². The van der Waals surface area contributed by atoms with Gasteiger partial charge in [0.25, 0.3) is 0 Å². The van der Waals surface area contributed by atoms with Crippen molar-refractivity contribution < 1.29 is 9.21 Å². The molecule has 1 N–H and O–H groups in total. The van der Waals surface area contributed by atoms with Gasteiger partial charge in [0.15, 0.2) is 0 Å². The number of hydrogen-bond acceptors (Lipinski definition) is 3. The Morgan fingerprint density at radius 3 is 2.73 bits per heavy atom. The molecule has 1 amide bonds. The van der Waals surface area contributed by atoms with Gasteiger partial charge in [0.2, 0.25) is 5.91 Å². The minimum absolute atomic E-state index is 0.0323. The first-order valence-electron chi connectivity index (χ1n) is 6.86. The standard InChI is InChI=1S/C16H17Cl2NO2S/c1-10(14-6-5-12(17)8-15(14)18)19-16(20)11(2)22-9-13-4-3-7-21-13/h3-8,10-11H,9H2,1-2H3,(H,19,20). The average molecular weight is 358 g/mol. The van der Waals surface area contributed by atoms with E-state index in [2.05, 4.69) is 5.32 Å². The van der Waals surface area contributed by atoms with E-state index in [1.165, 1.54) is 11.8 Å². The largest absolute Gasteiger partial charge is 0.468 e. The maximum absolute atomic E-state index is 12.2. The van der Waals surface area contributed by atoms with Gasteiger partial charge in [-0.2, -0.15) is 0 Å². The zero-order valence-corrected chi connectivity index (χ0v) is 14.6. The van der Waals surface area contributed by atoms with E-state index in [0.29, 0.717) is 15.8 Å². The average Bonchev–Trinajstić information content (AvgIpc) is 2.97. The molecule has 2 rings (SSSR count). The smallest absolute Gasteiger partial charge is 0.233 e. The second-order valence-corrected chi connectivity index (χ2v) is 7.10. The molecule has 0 aliphatic carbocycles. The first-order chi connectivity index (χ1) is 10.5. The van der Waals surface area contributed by atoms with Crippen molar-refractivity contribution in [1.29, 1.82) is 0 Å². The number of thioether (sulfide) groups is 1. The Balaban J connectivity index is 1.89. The van der Waals surface area contributed by atoms with E-state index in [0.717, 1.165) is 11.3 Å². The minimum Gasteiger partial charge on any atom is -0.468 e. The molecule has 0 bridgehead atoms. The van der Waals surface area contributed by atoms with Crippen LogP contribution in [0.15, 0.2) is 41.0 Å². The van der Waals surface area contributed by atoms with Crippen molar-refractivity contribution in [2.45, 2.75) is 30.9 Å². The minimum atomic E-state index is -0.182. The molecular weight excluding hydrogens is 341 g/mol. The fraction of sp³-hybridized carbons (Fsp3) is 0.312. The van der Waals surface area contributed by atoms with Gasteiger partial charge in [-0.3, -0.25) is 4.79 Å². The maximum Gasteiger partial charge on any atom is 0.233 e. The summed E-state index contributed by atoms with van der Waals surface area (Å²) in [6.45, 7) is 3.77. The van der Waals surface area contributed by atoms with Crippen LogP contribution in [0.2, 0.25) is 10.0 Å². The molecule has 0 saturated carbocycles. The summed E-state index contributed by atoms with van der Waals surface area (Å²) >= 11 is 13.6. The second-order valence-electron chi connectivity index (χ2n) is 4.93. The lowest BCUT2D eigenvalue weighted by Crippen LogP contribution is -2.33. The fourth-order valence-corrected chi connectivity index (χ4v) is 3.31. The molecule has 0 saturated heterocycles. The Morgan fingerprint density at radius 2 is 2.09 bits per heavy atom. The molecule has 0 aliphatic heterocycles. The predicted octanol–water partition coefficient (Wildman–Crippen LogP) is 5.09. The zero-order chi connectivity index (χ0) is 16.1. The van der Waals surface area contributed by atoms with Gasteiger partial charge in [0, 0.05) is 10.0 Å². The van der Waals surface area contributed by atoms with Crippen LogP contribution in [0.4, 0.5) is 0 Å². The summed E-state index contributed by atoms with van der Waals surface area (Å²) in [5, 5.41) is 3.92. The molecule has 1 heterocycles. The van der Waals surface area contributed by atoms with Crippen LogP contribution in [-0.2, 0) is 10.5 Å². The van der Waals surface area contributed by atoms with Crippen LogP contribution in [0.3, 0.4) is 0 Å². The van der Waals surface area contributed by atoms with Gasteiger partial charge in [-0.05, 0) is 43.7 Å². The number of halogens is 2. The second kappa shape index (κ2) is 7.95. The van der Waals surface area contributed by atoms with Crippen molar-refractivity contribution in [3.63, 3.8) is 0 Å². The van der Waals surface area contributed by atoms with Gasteiger partial charge in [-0.1, -0.05) is 29.3 Å². The number of benzene rings is 1. The molecule has 1 aromatic heterocycles. The normalized spacial score (nSPS) is 13.6.